The Kier molecular flexibility index (Phi) is 5.02. The zero-order chi connectivity index (χ0) is 17.1. The molecule has 3 rings (SSSR count). The molecule has 1 saturated heterocycles. The van der Waals surface area contributed by atoms with Gasteiger partial charge in [0, 0.05) is 49.7 Å². The first kappa shape index (κ1) is 16.7. The fourth-order valence-electron chi connectivity index (χ4n) is 3.78. The van der Waals surface area contributed by atoms with Crippen molar-refractivity contribution in [2.45, 2.75) is 25.7 Å². The van der Waals surface area contributed by atoms with E-state index in [0.717, 1.165) is 18.5 Å². The summed E-state index contributed by atoms with van der Waals surface area (Å²) < 4.78 is 13.0. The SMILES string of the molecule is O=C([O-])[C@@H]1CCCC[C@@H]1C(=O)N1CCN(c2ccc(F)cc2)CC1. The van der Waals surface area contributed by atoms with E-state index < -0.39 is 17.8 Å². The lowest BCUT2D eigenvalue weighted by molar-refractivity contribution is -0.314. The fraction of sp³-hybridized carbons (Fsp3) is 0.556. The van der Waals surface area contributed by atoms with E-state index in [2.05, 4.69) is 4.90 Å². The molecule has 130 valence electrons. The van der Waals surface area contributed by atoms with Gasteiger partial charge in [0.25, 0.3) is 0 Å². The van der Waals surface area contributed by atoms with Crippen LogP contribution in [0, 0.1) is 17.7 Å². The summed E-state index contributed by atoms with van der Waals surface area (Å²) in [5, 5.41) is 11.3. The monoisotopic (exact) mass is 333 g/mol. The Hall–Kier alpha value is -2.11. The van der Waals surface area contributed by atoms with Crippen LogP contribution in [0.25, 0.3) is 0 Å². The van der Waals surface area contributed by atoms with Crippen LogP contribution in [-0.4, -0.2) is 43.0 Å². The maximum Gasteiger partial charge on any atom is 0.226 e. The third-order valence-corrected chi connectivity index (χ3v) is 5.17. The molecule has 0 unspecified atom stereocenters. The fourth-order valence-corrected chi connectivity index (χ4v) is 3.78. The maximum atomic E-state index is 13.0. The Morgan fingerprint density at radius 1 is 0.958 bits per heavy atom. The van der Waals surface area contributed by atoms with Gasteiger partial charge in [-0.05, 0) is 37.1 Å². The second-order valence-corrected chi connectivity index (χ2v) is 6.61. The quantitative estimate of drug-likeness (QED) is 0.829. The number of anilines is 1. The molecule has 0 radical (unpaired) electrons. The standard InChI is InChI=1S/C18H23FN2O3/c19-13-5-7-14(8-6-13)20-9-11-21(12-10-20)17(22)15-3-1-2-4-16(15)18(23)24/h5-8,15-16H,1-4,9-12H2,(H,23,24)/p-1/t15-,16+/m0/s1. The van der Waals surface area contributed by atoms with Crippen molar-refractivity contribution in [3.05, 3.63) is 30.1 Å². The molecule has 1 amide bonds. The van der Waals surface area contributed by atoms with Crippen LogP contribution in [0.2, 0.25) is 0 Å². The lowest BCUT2D eigenvalue weighted by atomic mass is 9.78. The van der Waals surface area contributed by atoms with Crippen LogP contribution in [-0.2, 0) is 9.59 Å². The summed E-state index contributed by atoms with van der Waals surface area (Å²) >= 11 is 0. The number of rotatable bonds is 3. The molecular formula is C18H22FN2O3-. The average molecular weight is 333 g/mol. The van der Waals surface area contributed by atoms with Gasteiger partial charge in [-0.2, -0.15) is 0 Å². The normalized spacial score (nSPS) is 24.7. The highest BCUT2D eigenvalue weighted by Crippen LogP contribution is 2.31. The van der Waals surface area contributed by atoms with E-state index in [0.29, 0.717) is 39.0 Å². The molecule has 6 heteroatoms. The molecule has 24 heavy (non-hydrogen) atoms. The maximum absolute atomic E-state index is 13.0. The number of benzene rings is 1. The molecule has 2 aliphatic rings. The van der Waals surface area contributed by atoms with E-state index in [-0.39, 0.29) is 11.7 Å². The molecular weight excluding hydrogens is 311 g/mol. The highest BCUT2D eigenvalue weighted by atomic mass is 19.1. The number of hydrogen-bond donors (Lipinski definition) is 0. The Morgan fingerprint density at radius 3 is 2.12 bits per heavy atom. The third kappa shape index (κ3) is 3.52. The molecule has 2 atom stereocenters. The second-order valence-electron chi connectivity index (χ2n) is 6.61. The van der Waals surface area contributed by atoms with Crippen molar-refractivity contribution in [3.63, 3.8) is 0 Å². The molecule has 1 aromatic rings. The first-order valence-corrected chi connectivity index (χ1v) is 8.56. The number of carboxylic acid groups (broad SMARTS) is 1. The lowest BCUT2D eigenvalue weighted by Crippen LogP contribution is -2.53. The molecule has 5 nitrogen and oxygen atoms in total. The summed E-state index contributed by atoms with van der Waals surface area (Å²) in [6.45, 7) is 2.46. The molecule has 1 aliphatic carbocycles. The largest absolute Gasteiger partial charge is 0.550 e. The molecule has 1 aromatic carbocycles. The number of piperazine rings is 1. The molecule has 0 aromatic heterocycles. The minimum Gasteiger partial charge on any atom is -0.550 e. The van der Waals surface area contributed by atoms with Gasteiger partial charge in [-0.15, -0.1) is 0 Å². The topological polar surface area (TPSA) is 63.7 Å². The third-order valence-electron chi connectivity index (χ3n) is 5.17. The predicted molar refractivity (Wildman–Crippen MR) is 85.6 cm³/mol. The number of amides is 1. The van der Waals surface area contributed by atoms with Gasteiger partial charge in [0.15, 0.2) is 0 Å². The summed E-state index contributed by atoms with van der Waals surface area (Å²) in [6.07, 6.45) is 2.92. The number of carboxylic acids is 1. The minimum atomic E-state index is -1.10. The lowest BCUT2D eigenvalue weighted by Gasteiger charge is -2.40. The van der Waals surface area contributed by atoms with Crippen molar-refractivity contribution in [2.24, 2.45) is 11.8 Å². The zero-order valence-corrected chi connectivity index (χ0v) is 13.6. The number of halogens is 1. The van der Waals surface area contributed by atoms with Gasteiger partial charge in [-0.1, -0.05) is 12.8 Å². The summed E-state index contributed by atoms with van der Waals surface area (Å²) in [5.41, 5.74) is 0.939. The molecule has 1 aliphatic heterocycles. The average Bonchev–Trinajstić information content (AvgIpc) is 2.62. The van der Waals surface area contributed by atoms with Crippen LogP contribution in [0.1, 0.15) is 25.7 Å². The molecule has 0 spiro atoms. The van der Waals surface area contributed by atoms with E-state index >= 15 is 0 Å². The van der Waals surface area contributed by atoms with Crippen molar-refractivity contribution in [2.75, 3.05) is 31.1 Å². The number of carbonyl (C=O) groups excluding carboxylic acids is 2. The number of aliphatic carboxylic acids is 1. The Balaban J connectivity index is 1.60. The van der Waals surface area contributed by atoms with Gasteiger partial charge in [-0.25, -0.2) is 4.39 Å². The van der Waals surface area contributed by atoms with Crippen molar-refractivity contribution in [3.8, 4) is 0 Å². The first-order valence-electron chi connectivity index (χ1n) is 8.56. The number of hydrogen-bond acceptors (Lipinski definition) is 4. The van der Waals surface area contributed by atoms with E-state index in [9.17, 15) is 19.1 Å². The Morgan fingerprint density at radius 2 is 1.54 bits per heavy atom. The molecule has 1 saturated carbocycles. The number of carbonyl (C=O) groups is 2. The van der Waals surface area contributed by atoms with Crippen molar-refractivity contribution in [1.29, 1.82) is 0 Å². The zero-order valence-electron chi connectivity index (χ0n) is 13.6. The van der Waals surface area contributed by atoms with Gasteiger partial charge in [0.2, 0.25) is 5.91 Å². The van der Waals surface area contributed by atoms with E-state index in [1.54, 1.807) is 17.0 Å². The van der Waals surface area contributed by atoms with Crippen molar-refractivity contribution < 1.29 is 19.1 Å². The highest BCUT2D eigenvalue weighted by Gasteiger charge is 2.35. The molecule has 1 heterocycles. The van der Waals surface area contributed by atoms with E-state index in [1.807, 2.05) is 0 Å². The molecule has 0 bridgehead atoms. The van der Waals surface area contributed by atoms with Crippen LogP contribution in [0.15, 0.2) is 24.3 Å². The van der Waals surface area contributed by atoms with Crippen molar-refractivity contribution in [1.82, 2.24) is 4.90 Å². The summed E-state index contributed by atoms with van der Waals surface area (Å²) in [7, 11) is 0. The molecule has 2 fully saturated rings. The Bertz CT molecular complexity index is 597. The smallest absolute Gasteiger partial charge is 0.226 e. The van der Waals surface area contributed by atoms with E-state index in [4.69, 9.17) is 0 Å². The van der Waals surface area contributed by atoms with Gasteiger partial charge in [0.1, 0.15) is 5.82 Å². The first-order chi connectivity index (χ1) is 11.6. The van der Waals surface area contributed by atoms with Crippen LogP contribution >= 0.6 is 0 Å². The number of nitrogens with zero attached hydrogens (tertiary/aromatic N) is 2. The summed E-state index contributed by atoms with van der Waals surface area (Å²) in [4.78, 5) is 27.9. The van der Waals surface area contributed by atoms with Gasteiger partial charge < -0.3 is 19.7 Å². The Labute approximate surface area is 141 Å². The van der Waals surface area contributed by atoms with Crippen LogP contribution in [0.5, 0.6) is 0 Å². The summed E-state index contributed by atoms with van der Waals surface area (Å²) in [6, 6.07) is 6.33. The van der Waals surface area contributed by atoms with Gasteiger partial charge in [0.05, 0.1) is 0 Å². The van der Waals surface area contributed by atoms with Crippen LogP contribution in [0.4, 0.5) is 10.1 Å². The highest BCUT2D eigenvalue weighted by molar-refractivity contribution is 5.84. The molecule has 0 N–H and O–H groups in total. The van der Waals surface area contributed by atoms with Crippen LogP contribution < -0.4 is 10.0 Å². The van der Waals surface area contributed by atoms with Gasteiger partial charge >= 0.3 is 0 Å². The minimum absolute atomic E-state index is 0.0531. The van der Waals surface area contributed by atoms with Crippen molar-refractivity contribution >= 4 is 17.6 Å². The van der Waals surface area contributed by atoms with E-state index in [1.165, 1.54) is 12.1 Å². The second kappa shape index (κ2) is 7.20. The van der Waals surface area contributed by atoms with Gasteiger partial charge in [-0.3, -0.25) is 4.79 Å². The predicted octanol–water partition coefficient (Wildman–Crippen LogP) is 1.03. The van der Waals surface area contributed by atoms with Crippen LogP contribution in [0.3, 0.4) is 0 Å². The summed E-state index contributed by atoms with van der Waals surface area (Å²) in [5.74, 6) is -2.51.